The molecule has 2 saturated heterocycles. The number of amides is 2. The van der Waals surface area contributed by atoms with Crippen LogP contribution in [0, 0.1) is 5.82 Å². The molecule has 2 aliphatic heterocycles. The van der Waals surface area contributed by atoms with Gasteiger partial charge in [-0.25, -0.2) is 9.18 Å². The van der Waals surface area contributed by atoms with Crippen LogP contribution in [0.25, 0.3) is 5.57 Å². The van der Waals surface area contributed by atoms with Gasteiger partial charge < -0.3 is 24.3 Å². The number of nitrogens with zero attached hydrogens (tertiary/aromatic N) is 1. The fraction of sp³-hybridized carbons (Fsp3) is 0.515. The molecule has 42 heavy (non-hydrogen) atoms. The largest absolute Gasteiger partial charge is 0.488 e. The minimum atomic E-state index is -0.751. The van der Waals surface area contributed by atoms with E-state index in [0.29, 0.717) is 50.2 Å². The van der Waals surface area contributed by atoms with Crippen LogP contribution in [-0.4, -0.2) is 66.0 Å². The number of nitrogens with one attached hydrogen (secondary N) is 1. The third-order valence-corrected chi connectivity index (χ3v) is 8.08. The Morgan fingerprint density at radius 3 is 2.64 bits per heavy atom. The number of ether oxygens (including phenoxy) is 4. The Hall–Kier alpha value is -3.43. The highest BCUT2D eigenvalue weighted by Crippen LogP contribution is 2.39. The Labute approximate surface area is 247 Å². The average Bonchev–Trinajstić information content (AvgIpc) is 3.20. The zero-order valence-electron chi connectivity index (χ0n) is 24.9. The maximum absolute atomic E-state index is 15.1. The van der Waals surface area contributed by atoms with E-state index in [9.17, 15) is 9.59 Å². The molecule has 1 N–H and O–H groups in total. The van der Waals surface area contributed by atoms with Crippen molar-refractivity contribution in [3.8, 4) is 5.75 Å². The van der Waals surface area contributed by atoms with Crippen molar-refractivity contribution in [2.45, 2.75) is 89.3 Å². The van der Waals surface area contributed by atoms with E-state index in [-0.39, 0.29) is 37.1 Å². The molecule has 0 radical (unpaired) electrons. The first kappa shape index (κ1) is 30.0. The first-order chi connectivity index (χ1) is 20.0. The molecule has 5 rings (SSSR count). The van der Waals surface area contributed by atoms with Crippen LogP contribution in [-0.2, 0) is 25.6 Å². The lowest BCUT2D eigenvalue weighted by molar-refractivity contribution is -0.137. The fourth-order valence-electron chi connectivity index (χ4n) is 6.25. The highest BCUT2D eigenvalue weighted by atomic mass is 19.1. The first-order valence-electron chi connectivity index (χ1n) is 14.7. The van der Waals surface area contributed by atoms with Crippen LogP contribution in [0.15, 0.2) is 54.6 Å². The molecule has 2 heterocycles. The van der Waals surface area contributed by atoms with Crippen molar-refractivity contribution in [2.24, 2.45) is 0 Å². The Morgan fingerprint density at radius 2 is 1.95 bits per heavy atom. The van der Waals surface area contributed by atoms with Crippen LogP contribution in [0.1, 0.15) is 64.5 Å². The topological polar surface area (TPSA) is 86.3 Å². The minimum Gasteiger partial charge on any atom is -0.488 e. The van der Waals surface area contributed by atoms with Crippen molar-refractivity contribution in [3.05, 3.63) is 71.6 Å². The number of rotatable bonds is 7. The molecule has 2 fully saturated rings. The van der Waals surface area contributed by atoms with Crippen molar-refractivity contribution in [1.29, 1.82) is 0 Å². The van der Waals surface area contributed by atoms with E-state index < -0.39 is 23.3 Å². The third-order valence-electron chi connectivity index (χ3n) is 8.08. The molecule has 2 aromatic rings. The molecule has 0 bridgehead atoms. The second-order valence-corrected chi connectivity index (χ2v) is 12.5. The Morgan fingerprint density at radius 1 is 1.17 bits per heavy atom. The van der Waals surface area contributed by atoms with E-state index >= 15 is 4.39 Å². The van der Waals surface area contributed by atoms with Crippen molar-refractivity contribution >= 4 is 17.6 Å². The van der Waals surface area contributed by atoms with Gasteiger partial charge in [-0.2, -0.15) is 0 Å². The van der Waals surface area contributed by atoms with Gasteiger partial charge in [0.15, 0.2) is 0 Å². The quantitative estimate of drug-likeness (QED) is 0.456. The van der Waals surface area contributed by atoms with E-state index in [2.05, 4.69) is 5.32 Å². The van der Waals surface area contributed by atoms with Gasteiger partial charge in [0.2, 0.25) is 5.91 Å². The third kappa shape index (κ3) is 6.79. The molecule has 2 amide bonds. The summed E-state index contributed by atoms with van der Waals surface area (Å²) < 4.78 is 38.9. The van der Waals surface area contributed by atoms with Gasteiger partial charge in [0.05, 0.1) is 36.5 Å². The molecule has 1 spiro atoms. The molecular weight excluding hydrogens is 539 g/mol. The number of carbonyl (C=O) groups excluding carboxylic acids is 2. The molecule has 0 aromatic heterocycles. The lowest BCUT2D eigenvalue weighted by Gasteiger charge is -2.41. The van der Waals surface area contributed by atoms with Gasteiger partial charge in [0.1, 0.15) is 30.4 Å². The average molecular weight is 581 g/mol. The molecular formula is C33H41FN2O6. The number of morpholine rings is 1. The predicted octanol–water partition coefficient (Wildman–Crippen LogP) is 5.64. The first-order valence-corrected chi connectivity index (χ1v) is 14.7. The summed E-state index contributed by atoms with van der Waals surface area (Å²) >= 11 is 0. The summed E-state index contributed by atoms with van der Waals surface area (Å²) in [5.74, 6) is 0.00594. The maximum Gasteiger partial charge on any atom is 0.410 e. The van der Waals surface area contributed by atoms with Crippen molar-refractivity contribution < 1.29 is 32.9 Å². The van der Waals surface area contributed by atoms with Crippen LogP contribution in [0.2, 0.25) is 0 Å². The lowest BCUT2D eigenvalue weighted by atomic mass is 9.88. The zero-order chi connectivity index (χ0) is 29.9. The molecule has 226 valence electrons. The summed E-state index contributed by atoms with van der Waals surface area (Å²) in [6.07, 6.45) is 3.90. The van der Waals surface area contributed by atoms with Gasteiger partial charge >= 0.3 is 6.09 Å². The minimum absolute atomic E-state index is 0.000557. The monoisotopic (exact) mass is 580 g/mol. The summed E-state index contributed by atoms with van der Waals surface area (Å²) in [6.45, 7) is 8.31. The van der Waals surface area contributed by atoms with E-state index in [0.717, 1.165) is 11.1 Å². The summed E-state index contributed by atoms with van der Waals surface area (Å²) in [5, 5.41) is 3.11. The normalized spacial score (nSPS) is 26.1. The van der Waals surface area contributed by atoms with Crippen LogP contribution < -0.4 is 10.1 Å². The van der Waals surface area contributed by atoms with Gasteiger partial charge in [0.25, 0.3) is 0 Å². The summed E-state index contributed by atoms with van der Waals surface area (Å²) in [5.41, 5.74) is 0.988. The van der Waals surface area contributed by atoms with Gasteiger partial charge in [-0.3, -0.25) is 9.69 Å². The molecule has 4 unspecified atom stereocenters. The van der Waals surface area contributed by atoms with Crippen molar-refractivity contribution in [3.63, 3.8) is 0 Å². The second-order valence-electron chi connectivity index (χ2n) is 12.5. The van der Waals surface area contributed by atoms with Gasteiger partial charge in [-0.15, -0.1) is 0 Å². The van der Waals surface area contributed by atoms with Gasteiger partial charge in [0, 0.05) is 6.04 Å². The molecule has 3 aliphatic rings. The molecule has 1 aliphatic carbocycles. The zero-order valence-corrected chi connectivity index (χ0v) is 24.9. The predicted molar refractivity (Wildman–Crippen MR) is 156 cm³/mol. The van der Waals surface area contributed by atoms with Crippen molar-refractivity contribution in [1.82, 2.24) is 10.2 Å². The summed E-state index contributed by atoms with van der Waals surface area (Å²) in [7, 11) is 0. The van der Waals surface area contributed by atoms with E-state index in [1.54, 1.807) is 17.0 Å². The Kier molecular flexibility index (Phi) is 8.89. The summed E-state index contributed by atoms with van der Waals surface area (Å²) in [4.78, 5) is 27.4. The SMILES string of the molecule is CC1CC2(COCC(=O)N2)C(COC2CC=C(c3c(F)cccc3OCc3ccccc3)CC2)N1C(=O)OC(C)(C)C. The van der Waals surface area contributed by atoms with E-state index in [1.807, 2.05) is 64.1 Å². The standard InChI is InChI=1S/C33H41FN2O6/c1-22-17-33(21-39-20-29(37)35-33)28(36(22)31(38)42-32(2,3)4)19-40-25-15-13-24(14-16-25)30-26(34)11-8-12-27(30)41-18-23-9-6-5-7-10-23/h5-13,22,25,28H,14-21H2,1-4H3,(H,35,37). The van der Waals surface area contributed by atoms with Gasteiger partial charge in [-0.05, 0) is 76.6 Å². The maximum atomic E-state index is 15.1. The number of hydrogen-bond donors (Lipinski definition) is 1. The molecule has 9 heteroatoms. The highest BCUT2D eigenvalue weighted by Gasteiger charge is 2.56. The van der Waals surface area contributed by atoms with Crippen molar-refractivity contribution in [2.75, 3.05) is 19.8 Å². The number of carbonyl (C=O) groups is 2. The molecule has 0 saturated carbocycles. The van der Waals surface area contributed by atoms with Crippen LogP contribution >= 0.6 is 0 Å². The number of hydrogen-bond acceptors (Lipinski definition) is 6. The molecule has 4 atom stereocenters. The van der Waals surface area contributed by atoms with Crippen LogP contribution in [0.3, 0.4) is 0 Å². The van der Waals surface area contributed by atoms with E-state index in [4.69, 9.17) is 18.9 Å². The highest BCUT2D eigenvalue weighted by molar-refractivity contribution is 5.79. The van der Waals surface area contributed by atoms with Crippen LogP contribution in [0.4, 0.5) is 9.18 Å². The van der Waals surface area contributed by atoms with Crippen LogP contribution in [0.5, 0.6) is 5.75 Å². The molecule has 8 nitrogen and oxygen atoms in total. The Bertz CT molecular complexity index is 1310. The number of halogens is 1. The van der Waals surface area contributed by atoms with E-state index in [1.165, 1.54) is 6.07 Å². The number of likely N-dealkylation sites (tertiary alicyclic amines) is 1. The number of allylic oxidation sites excluding steroid dienone is 1. The Balaban J connectivity index is 1.28. The summed E-state index contributed by atoms with van der Waals surface area (Å²) in [6, 6.07) is 14.1. The fourth-order valence-corrected chi connectivity index (χ4v) is 6.25. The van der Waals surface area contributed by atoms with Gasteiger partial charge in [-0.1, -0.05) is 42.5 Å². The second kappa shape index (κ2) is 12.4. The smallest absolute Gasteiger partial charge is 0.410 e. The lowest BCUT2D eigenvalue weighted by Crippen LogP contribution is -2.65. The number of benzene rings is 2. The molecule has 2 aromatic carbocycles.